The Kier molecular flexibility index (Phi) is 64.7. The number of carbonyl (C=O) groups is 3. The van der Waals surface area contributed by atoms with Gasteiger partial charge in [0.05, 0.1) is 0 Å². The highest BCUT2D eigenvalue weighted by atomic mass is 16.6. The molecule has 0 saturated heterocycles. The van der Waals surface area contributed by atoms with E-state index in [4.69, 9.17) is 14.2 Å². The first-order chi connectivity index (χ1) is 39.0. The second-order valence-electron chi connectivity index (χ2n) is 23.1. The molecule has 0 saturated carbocycles. The lowest BCUT2D eigenvalue weighted by Gasteiger charge is -2.18. The van der Waals surface area contributed by atoms with E-state index in [1.54, 1.807) is 0 Å². The first-order valence-electron chi connectivity index (χ1n) is 34.4. The molecule has 0 radical (unpaired) electrons. The fraction of sp³-hybridized carbons (Fsp3) is 0.795. The molecule has 0 aromatic carbocycles. The second kappa shape index (κ2) is 67.4. The van der Waals surface area contributed by atoms with E-state index in [0.717, 1.165) is 89.9 Å². The molecule has 0 aromatic heterocycles. The van der Waals surface area contributed by atoms with Gasteiger partial charge in [0.2, 0.25) is 0 Å². The lowest BCUT2D eigenvalue weighted by Crippen LogP contribution is -2.30. The van der Waals surface area contributed by atoms with Crippen molar-refractivity contribution in [3.63, 3.8) is 0 Å². The van der Waals surface area contributed by atoms with Gasteiger partial charge < -0.3 is 14.2 Å². The maximum Gasteiger partial charge on any atom is 0.306 e. The van der Waals surface area contributed by atoms with E-state index in [0.29, 0.717) is 19.3 Å². The molecular formula is C73H130O6. The van der Waals surface area contributed by atoms with Crippen molar-refractivity contribution < 1.29 is 28.6 Å². The summed E-state index contributed by atoms with van der Waals surface area (Å²) >= 11 is 0. The Morgan fingerprint density at radius 3 is 0.797 bits per heavy atom. The van der Waals surface area contributed by atoms with Crippen molar-refractivity contribution in [3.8, 4) is 0 Å². The summed E-state index contributed by atoms with van der Waals surface area (Å²) < 4.78 is 17.0. The molecule has 0 spiro atoms. The van der Waals surface area contributed by atoms with Gasteiger partial charge in [0, 0.05) is 19.3 Å². The van der Waals surface area contributed by atoms with Crippen LogP contribution in [0.3, 0.4) is 0 Å². The number of rotatable bonds is 63. The molecule has 0 rings (SSSR count). The lowest BCUT2D eigenvalue weighted by atomic mass is 10.0. The van der Waals surface area contributed by atoms with Gasteiger partial charge in [-0.15, -0.1) is 0 Å². The molecule has 6 nitrogen and oxygen atoms in total. The van der Waals surface area contributed by atoms with Crippen LogP contribution in [0, 0.1) is 0 Å². The van der Waals surface area contributed by atoms with Crippen molar-refractivity contribution in [2.75, 3.05) is 13.2 Å². The molecule has 0 amide bonds. The monoisotopic (exact) mass is 1100 g/mol. The maximum absolute atomic E-state index is 12.9. The Morgan fingerprint density at radius 2 is 0.494 bits per heavy atom. The summed E-state index contributed by atoms with van der Waals surface area (Å²) in [4.78, 5) is 38.4. The Labute approximate surface area is 491 Å². The van der Waals surface area contributed by atoms with Crippen molar-refractivity contribution in [1.29, 1.82) is 0 Å². The van der Waals surface area contributed by atoms with Gasteiger partial charge >= 0.3 is 17.9 Å². The van der Waals surface area contributed by atoms with Gasteiger partial charge in [-0.2, -0.15) is 0 Å². The number of unbranched alkanes of at least 4 members (excludes halogenated alkanes) is 40. The molecule has 458 valence electrons. The summed E-state index contributed by atoms with van der Waals surface area (Å²) in [5, 5.41) is 0. The van der Waals surface area contributed by atoms with Crippen LogP contribution in [-0.2, 0) is 28.6 Å². The Hall–Kier alpha value is -3.15. The van der Waals surface area contributed by atoms with Crippen molar-refractivity contribution in [3.05, 3.63) is 72.9 Å². The molecule has 1 unspecified atom stereocenters. The van der Waals surface area contributed by atoms with Crippen molar-refractivity contribution in [1.82, 2.24) is 0 Å². The third kappa shape index (κ3) is 65.5. The minimum atomic E-state index is -0.777. The summed E-state index contributed by atoms with van der Waals surface area (Å²) in [6, 6.07) is 0. The quantitative estimate of drug-likeness (QED) is 0.0261. The SMILES string of the molecule is CC/C=C\C/C=C\C/C=C\C/C=C\CCCCCCCCCCCCCCCCC(=O)OCC(COC(=O)CCCCCCCCCCCCCCCCC)OC(=O)CCCCCCCCCCC/C=C\C/C=C\CCCCC. The van der Waals surface area contributed by atoms with Gasteiger partial charge in [0.1, 0.15) is 13.2 Å². The molecule has 0 fully saturated rings. The third-order valence-corrected chi connectivity index (χ3v) is 15.2. The van der Waals surface area contributed by atoms with E-state index in [1.165, 1.54) is 225 Å². The summed E-state index contributed by atoms with van der Waals surface area (Å²) in [5.41, 5.74) is 0. The van der Waals surface area contributed by atoms with Crippen LogP contribution in [0.2, 0.25) is 0 Å². The highest BCUT2D eigenvalue weighted by Crippen LogP contribution is 2.18. The third-order valence-electron chi connectivity index (χ3n) is 15.2. The van der Waals surface area contributed by atoms with E-state index in [2.05, 4.69) is 93.7 Å². The molecule has 0 aliphatic rings. The van der Waals surface area contributed by atoms with E-state index < -0.39 is 6.10 Å². The lowest BCUT2D eigenvalue weighted by molar-refractivity contribution is -0.167. The van der Waals surface area contributed by atoms with Crippen LogP contribution in [0.1, 0.15) is 355 Å². The van der Waals surface area contributed by atoms with E-state index in [-0.39, 0.29) is 31.1 Å². The van der Waals surface area contributed by atoms with Crippen molar-refractivity contribution >= 4 is 17.9 Å². The Morgan fingerprint density at radius 1 is 0.266 bits per heavy atom. The number of carbonyl (C=O) groups excluding carboxylic acids is 3. The van der Waals surface area contributed by atoms with Crippen LogP contribution < -0.4 is 0 Å². The molecule has 0 aromatic rings. The van der Waals surface area contributed by atoms with Crippen LogP contribution in [0.5, 0.6) is 0 Å². The average molecular weight is 1100 g/mol. The minimum absolute atomic E-state index is 0.0722. The Bertz CT molecular complexity index is 1450. The molecule has 0 aliphatic heterocycles. The molecule has 0 aliphatic carbocycles. The average Bonchev–Trinajstić information content (AvgIpc) is 3.45. The van der Waals surface area contributed by atoms with Crippen LogP contribution in [-0.4, -0.2) is 37.2 Å². The van der Waals surface area contributed by atoms with E-state index in [1.807, 2.05) is 0 Å². The number of ether oxygens (including phenoxy) is 3. The first kappa shape index (κ1) is 75.8. The molecule has 0 bridgehead atoms. The van der Waals surface area contributed by atoms with Gasteiger partial charge in [-0.1, -0.05) is 318 Å². The predicted molar refractivity (Wildman–Crippen MR) is 344 cm³/mol. The van der Waals surface area contributed by atoms with Crippen LogP contribution in [0.15, 0.2) is 72.9 Å². The minimum Gasteiger partial charge on any atom is -0.462 e. The smallest absolute Gasteiger partial charge is 0.306 e. The topological polar surface area (TPSA) is 78.9 Å². The van der Waals surface area contributed by atoms with Gasteiger partial charge in [0.15, 0.2) is 6.10 Å². The van der Waals surface area contributed by atoms with Crippen molar-refractivity contribution in [2.24, 2.45) is 0 Å². The summed E-state index contributed by atoms with van der Waals surface area (Å²) in [6.07, 6.45) is 87.7. The van der Waals surface area contributed by atoms with Crippen LogP contribution in [0.25, 0.3) is 0 Å². The van der Waals surface area contributed by atoms with Gasteiger partial charge in [0.25, 0.3) is 0 Å². The van der Waals surface area contributed by atoms with Gasteiger partial charge in [-0.05, 0) is 89.9 Å². The molecule has 1 atom stereocenters. The largest absolute Gasteiger partial charge is 0.462 e. The molecule has 0 heterocycles. The molecular weight excluding hydrogens is 973 g/mol. The number of hydrogen-bond acceptors (Lipinski definition) is 6. The van der Waals surface area contributed by atoms with Gasteiger partial charge in [-0.3, -0.25) is 14.4 Å². The van der Waals surface area contributed by atoms with Crippen LogP contribution in [0.4, 0.5) is 0 Å². The zero-order chi connectivity index (χ0) is 57.1. The molecule has 79 heavy (non-hydrogen) atoms. The highest BCUT2D eigenvalue weighted by Gasteiger charge is 2.19. The highest BCUT2D eigenvalue weighted by molar-refractivity contribution is 5.71. The van der Waals surface area contributed by atoms with E-state index >= 15 is 0 Å². The number of hydrogen-bond donors (Lipinski definition) is 0. The number of esters is 3. The van der Waals surface area contributed by atoms with Crippen molar-refractivity contribution in [2.45, 2.75) is 361 Å². The Balaban J connectivity index is 4.28. The fourth-order valence-corrected chi connectivity index (χ4v) is 10.1. The second-order valence-corrected chi connectivity index (χ2v) is 23.1. The molecule has 0 N–H and O–H groups in total. The summed E-state index contributed by atoms with van der Waals surface area (Å²) in [7, 11) is 0. The zero-order valence-corrected chi connectivity index (χ0v) is 52.6. The summed E-state index contributed by atoms with van der Waals surface area (Å²) in [6.45, 7) is 6.56. The maximum atomic E-state index is 12.9. The standard InChI is InChI=1S/C73H130O6/c1-4-7-10-13-16-19-22-25-28-30-32-33-34-35-36-37-38-39-41-42-45-48-51-54-57-60-63-66-72(75)78-69-70(68-77-71(74)65-62-59-56-53-50-47-44-27-24-21-18-15-12-9-6-3)79-73(76)67-64-61-58-55-52-49-46-43-40-31-29-26-23-20-17-14-11-8-5-2/h7,10,16-17,19-20,25-26,28-29,32-33,70H,4-6,8-9,11-15,18,21-24,27,30-31,34-69H2,1-3H3/b10-7-,19-16-,20-17-,28-25-,29-26-,33-32-. The molecule has 6 heteroatoms. The normalized spacial score (nSPS) is 12.5. The zero-order valence-electron chi connectivity index (χ0n) is 52.6. The fourth-order valence-electron chi connectivity index (χ4n) is 10.1. The van der Waals surface area contributed by atoms with E-state index in [9.17, 15) is 14.4 Å². The van der Waals surface area contributed by atoms with Gasteiger partial charge in [-0.25, -0.2) is 0 Å². The number of allylic oxidation sites excluding steroid dienone is 12. The predicted octanol–water partition coefficient (Wildman–Crippen LogP) is 23.7. The summed E-state index contributed by atoms with van der Waals surface area (Å²) in [5.74, 6) is -0.855. The van der Waals surface area contributed by atoms with Crippen LogP contribution >= 0.6 is 0 Å². The first-order valence-corrected chi connectivity index (χ1v) is 34.4.